The molecule has 2 aromatic carbocycles. The Hall–Kier alpha value is -1.38. The molecule has 0 aliphatic rings. The standard InChI is InChI=1S/C18H20Cl2O2/c1-9-7-11(3)15(19)17(21-5)13(9)14-10(2)8-12(4)16(20)18(14)22-6/h7-8H,1-6H3. The van der Waals surface area contributed by atoms with Gasteiger partial charge in [-0.25, -0.2) is 0 Å². The van der Waals surface area contributed by atoms with Crippen LogP contribution in [0.5, 0.6) is 11.5 Å². The molecule has 0 bridgehead atoms. The highest BCUT2D eigenvalue weighted by atomic mass is 35.5. The second kappa shape index (κ2) is 6.39. The zero-order valence-electron chi connectivity index (χ0n) is 13.7. The molecular weight excluding hydrogens is 319 g/mol. The van der Waals surface area contributed by atoms with Gasteiger partial charge in [-0.05, 0) is 49.9 Å². The first kappa shape index (κ1) is 17.0. The second-order valence-electron chi connectivity index (χ2n) is 5.47. The lowest BCUT2D eigenvalue weighted by molar-refractivity contribution is 0.409. The van der Waals surface area contributed by atoms with Crippen molar-refractivity contribution < 1.29 is 9.47 Å². The van der Waals surface area contributed by atoms with Crippen LogP contribution in [0, 0.1) is 27.7 Å². The highest BCUT2D eigenvalue weighted by molar-refractivity contribution is 6.34. The number of ether oxygens (including phenoxy) is 2. The van der Waals surface area contributed by atoms with E-state index in [4.69, 9.17) is 32.7 Å². The van der Waals surface area contributed by atoms with Gasteiger partial charge in [-0.1, -0.05) is 35.3 Å². The molecule has 2 nitrogen and oxygen atoms in total. The molecule has 118 valence electrons. The fourth-order valence-electron chi connectivity index (χ4n) is 2.86. The molecule has 0 amide bonds. The Morgan fingerprint density at radius 2 is 0.955 bits per heavy atom. The van der Waals surface area contributed by atoms with Crippen molar-refractivity contribution >= 4 is 23.2 Å². The van der Waals surface area contributed by atoms with Crippen LogP contribution < -0.4 is 9.47 Å². The molecule has 2 rings (SSSR count). The first-order valence-electron chi connectivity index (χ1n) is 7.01. The summed E-state index contributed by atoms with van der Waals surface area (Å²) >= 11 is 12.9. The quantitative estimate of drug-likeness (QED) is 0.692. The van der Waals surface area contributed by atoms with Gasteiger partial charge >= 0.3 is 0 Å². The summed E-state index contributed by atoms with van der Waals surface area (Å²) in [5, 5.41) is 1.22. The van der Waals surface area contributed by atoms with Crippen LogP contribution in [0.3, 0.4) is 0 Å². The van der Waals surface area contributed by atoms with Gasteiger partial charge in [0, 0.05) is 11.1 Å². The maximum absolute atomic E-state index is 6.44. The summed E-state index contributed by atoms with van der Waals surface area (Å²) in [7, 11) is 3.25. The first-order valence-corrected chi connectivity index (χ1v) is 7.76. The topological polar surface area (TPSA) is 18.5 Å². The highest BCUT2D eigenvalue weighted by Crippen LogP contribution is 2.48. The SMILES string of the molecule is COc1c(Cl)c(C)cc(C)c1-c1c(C)cc(C)c(Cl)c1OC. The third-order valence-electron chi connectivity index (χ3n) is 3.86. The van der Waals surface area contributed by atoms with Gasteiger partial charge in [-0.3, -0.25) is 0 Å². The van der Waals surface area contributed by atoms with Gasteiger partial charge in [0.2, 0.25) is 0 Å². The third-order valence-corrected chi connectivity index (χ3v) is 4.80. The van der Waals surface area contributed by atoms with Crippen molar-refractivity contribution in [2.45, 2.75) is 27.7 Å². The molecule has 0 saturated carbocycles. The molecule has 0 unspecified atom stereocenters. The fourth-order valence-corrected chi connectivity index (χ4v) is 3.31. The molecule has 0 fully saturated rings. The predicted octanol–water partition coefficient (Wildman–Crippen LogP) is 5.91. The Balaban J connectivity index is 2.95. The largest absolute Gasteiger partial charge is 0.495 e. The van der Waals surface area contributed by atoms with E-state index in [0.29, 0.717) is 21.5 Å². The van der Waals surface area contributed by atoms with E-state index in [2.05, 4.69) is 0 Å². The van der Waals surface area contributed by atoms with Crippen LogP contribution in [0.15, 0.2) is 12.1 Å². The lowest BCUT2D eigenvalue weighted by Crippen LogP contribution is -2.00. The van der Waals surface area contributed by atoms with Crippen molar-refractivity contribution in [2.24, 2.45) is 0 Å². The maximum atomic E-state index is 6.44. The average molecular weight is 339 g/mol. The van der Waals surface area contributed by atoms with Gasteiger partial charge < -0.3 is 9.47 Å². The van der Waals surface area contributed by atoms with E-state index in [-0.39, 0.29) is 0 Å². The lowest BCUT2D eigenvalue weighted by atomic mass is 9.92. The minimum atomic E-state index is 0.612. The Labute approximate surface area is 142 Å². The van der Waals surface area contributed by atoms with Crippen molar-refractivity contribution in [2.75, 3.05) is 14.2 Å². The van der Waals surface area contributed by atoms with Gasteiger partial charge in [0.05, 0.1) is 24.3 Å². The smallest absolute Gasteiger partial charge is 0.145 e. The van der Waals surface area contributed by atoms with Gasteiger partial charge in [-0.15, -0.1) is 0 Å². The molecule has 0 aliphatic carbocycles. The van der Waals surface area contributed by atoms with Crippen molar-refractivity contribution in [1.82, 2.24) is 0 Å². The molecule has 0 aromatic heterocycles. The fraction of sp³-hybridized carbons (Fsp3) is 0.333. The Morgan fingerprint density at radius 3 is 1.23 bits per heavy atom. The zero-order chi connectivity index (χ0) is 16.6. The highest BCUT2D eigenvalue weighted by Gasteiger charge is 2.23. The number of benzene rings is 2. The van der Waals surface area contributed by atoms with Gasteiger partial charge in [-0.2, -0.15) is 0 Å². The number of hydrogen-bond donors (Lipinski definition) is 0. The summed E-state index contributed by atoms with van der Waals surface area (Å²) in [6.45, 7) is 8.00. The summed E-state index contributed by atoms with van der Waals surface area (Å²) < 4.78 is 11.2. The molecule has 0 atom stereocenters. The Kier molecular flexibility index (Phi) is 4.93. The minimum Gasteiger partial charge on any atom is -0.495 e. The number of aryl methyl sites for hydroxylation is 4. The average Bonchev–Trinajstić information content (AvgIpc) is 2.46. The van der Waals surface area contributed by atoms with Crippen molar-refractivity contribution in [1.29, 1.82) is 0 Å². The molecule has 0 N–H and O–H groups in total. The van der Waals surface area contributed by atoms with Crippen LogP contribution in [-0.4, -0.2) is 14.2 Å². The lowest BCUT2D eigenvalue weighted by Gasteiger charge is -2.21. The number of methoxy groups -OCH3 is 2. The van der Waals surface area contributed by atoms with E-state index in [9.17, 15) is 0 Å². The molecule has 0 heterocycles. The first-order chi connectivity index (χ1) is 10.3. The van der Waals surface area contributed by atoms with Crippen LogP contribution >= 0.6 is 23.2 Å². The van der Waals surface area contributed by atoms with E-state index < -0.39 is 0 Å². The third kappa shape index (κ3) is 2.66. The predicted molar refractivity (Wildman–Crippen MR) is 94.0 cm³/mol. The van der Waals surface area contributed by atoms with Crippen molar-refractivity contribution in [3.63, 3.8) is 0 Å². The summed E-state index contributed by atoms with van der Waals surface area (Å²) in [5.74, 6) is 1.31. The molecule has 0 spiro atoms. The molecule has 0 radical (unpaired) electrons. The van der Waals surface area contributed by atoms with Crippen LogP contribution in [0.1, 0.15) is 22.3 Å². The summed E-state index contributed by atoms with van der Waals surface area (Å²) in [6.07, 6.45) is 0. The summed E-state index contributed by atoms with van der Waals surface area (Å²) in [6, 6.07) is 4.10. The van der Waals surface area contributed by atoms with E-state index >= 15 is 0 Å². The van der Waals surface area contributed by atoms with Crippen LogP contribution in [0.2, 0.25) is 10.0 Å². The van der Waals surface area contributed by atoms with Gasteiger partial charge in [0.1, 0.15) is 11.5 Å². The second-order valence-corrected chi connectivity index (χ2v) is 6.22. The number of rotatable bonds is 3. The van der Waals surface area contributed by atoms with Crippen molar-refractivity contribution in [3.05, 3.63) is 44.4 Å². The van der Waals surface area contributed by atoms with Crippen LogP contribution in [-0.2, 0) is 0 Å². The van der Waals surface area contributed by atoms with E-state index in [1.165, 1.54) is 0 Å². The van der Waals surface area contributed by atoms with E-state index in [0.717, 1.165) is 33.4 Å². The Bertz CT molecular complexity index is 673. The molecule has 0 saturated heterocycles. The zero-order valence-corrected chi connectivity index (χ0v) is 15.2. The van der Waals surface area contributed by atoms with E-state index in [1.807, 2.05) is 39.8 Å². The molecule has 0 aliphatic heterocycles. The number of hydrogen-bond acceptors (Lipinski definition) is 2. The van der Waals surface area contributed by atoms with Gasteiger partial charge in [0.25, 0.3) is 0 Å². The normalized spacial score (nSPS) is 10.7. The van der Waals surface area contributed by atoms with Crippen LogP contribution in [0.25, 0.3) is 11.1 Å². The monoisotopic (exact) mass is 338 g/mol. The molecule has 4 heteroatoms. The molecule has 2 aromatic rings. The summed E-state index contributed by atoms with van der Waals surface area (Å²) in [4.78, 5) is 0. The van der Waals surface area contributed by atoms with E-state index in [1.54, 1.807) is 14.2 Å². The number of halogens is 2. The molecular formula is C18H20Cl2O2. The van der Waals surface area contributed by atoms with Gasteiger partial charge in [0.15, 0.2) is 0 Å². The Morgan fingerprint density at radius 1 is 0.636 bits per heavy atom. The minimum absolute atomic E-state index is 0.612. The molecule has 22 heavy (non-hydrogen) atoms. The van der Waals surface area contributed by atoms with Crippen molar-refractivity contribution in [3.8, 4) is 22.6 Å². The van der Waals surface area contributed by atoms with Crippen LogP contribution in [0.4, 0.5) is 0 Å². The summed E-state index contributed by atoms with van der Waals surface area (Å²) in [5.41, 5.74) is 5.95. The maximum Gasteiger partial charge on any atom is 0.145 e.